The van der Waals surface area contributed by atoms with Crippen molar-refractivity contribution in [2.24, 2.45) is 0 Å². The fraction of sp³-hybridized carbons (Fsp3) is 0.575. The number of carbonyl (C=O) groups is 3. The molecule has 8 nitrogen and oxygen atoms in total. The third kappa shape index (κ3) is 28.7. The number of quaternary nitrogens is 1. The van der Waals surface area contributed by atoms with Gasteiger partial charge in [-0.1, -0.05) is 105 Å². The van der Waals surface area contributed by atoms with E-state index in [-0.39, 0.29) is 42.7 Å². The van der Waals surface area contributed by atoms with Gasteiger partial charge in [-0.25, -0.2) is 4.79 Å². The molecule has 48 heavy (non-hydrogen) atoms. The van der Waals surface area contributed by atoms with Crippen molar-refractivity contribution in [1.82, 2.24) is 0 Å². The van der Waals surface area contributed by atoms with Crippen LogP contribution in [0.1, 0.15) is 97.3 Å². The van der Waals surface area contributed by atoms with Crippen molar-refractivity contribution in [3.63, 3.8) is 0 Å². The molecule has 270 valence electrons. The first kappa shape index (κ1) is 44.5. The SMILES string of the molecule is CC/C=C/C=C/C=C/C=C/C=C/CCCCCC(=O)OC(COCCC(C(=O)O)[N+](C)(C)C)COC(=O)CCCC/C=C/C/C=C/CC. The third-order valence-corrected chi connectivity index (χ3v) is 7.17. The number of carbonyl (C=O) groups excluding carboxylic acids is 2. The van der Waals surface area contributed by atoms with Crippen LogP contribution in [-0.4, -0.2) is 80.6 Å². The molecule has 0 rings (SSSR count). The summed E-state index contributed by atoms with van der Waals surface area (Å²) in [5.41, 5.74) is 0. The van der Waals surface area contributed by atoms with Gasteiger partial charge in [0.15, 0.2) is 12.1 Å². The Bertz CT molecular complexity index is 1060. The lowest BCUT2D eigenvalue weighted by molar-refractivity contribution is -0.887. The fourth-order valence-electron chi connectivity index (χ4n) is 4.44. The summed E-state index contributed by atoms with van der Waals surface area (Å²) in [5, 5.41) is 9.56. The quantitative estimate of drug-likeness (QED) is 0.0280. The largest absolute Gasteiger partial charge is 0.477 e. The first-order valence-corrected chi connectivity index (χ1v) is 17.7. The second kappa shape index (κ2) is 30.8. The zero-order valence-corrected chi connectivity index (χ0v) is 30.4. The van der Waals surface area contributed by atoms with Gasteiger partial charge in [-0.15, -0.1) is 0 Å². The monoisotopic (exact) mass is 670 g/mol. The summed E-state index contributed by atoms with van der Waals surface area (Å²) in [6.07, 6.45) is 37.9. The molecule has 0 fully saturated rings. The molecule has 0 radical (unpaired) electrons. The Kier molecular flexibility index (Phi) is 28.6. The molecule has 0 aromatic carbocycles. The van der Waals surface area contributed by atoms with Crippen molar-refractivity contribution in [2.75, 3.05) is 41.0 Å². The summed E-state index contributed by atoms with van der Waals surface area (Å²) in [7, 11) is 5.47. The van der Waals surface area contributed by atoms with Crippen LogP contribution in [-0.2, 0) is 28.6 Å². The van der Waals surface area contributed by atoms with Crippen LogP contribution in [0.15, 0.2) is 85.1 Å². The number of allylic oxidation sites excluding steroid dienone is 14. The van der Waals surface area contributed by atoms with Gasteiger partial charge in [-0.2, -0.15) is 0 Å². The van der Waals surface area contributed by atoms with Gasteiger partial charge in [0.2, 0.25) is 0 Å². The highest BCUT2D eigenvalue weighted by Gasteiger charge is 2.31. The molecule has 0 heterocycles. The van der Waals surface area contributed by atoms with Gasteiger partial charge in [0.05, 0.1) is 34.4 Å². The molecule has 0 spiro atoms. The van der Waals surface area contributed by atoms with Gasteiger partial charge < -0.3 is 23.8 Å². The van der Waals surface area contributed by atoms with Gasteiger partial charge in [-0.3, -0.25) is 9.59 Å². The molecule has 0 saturated carbocycles. The molecule has 0 bridgehead atoms. The zero-order chi connectivity index (χ0) is 35.7. The second-order valence-electron chi connectivity index (χ2n) is 12.5. The summed E-state index contributed by atoms with van der Waals surface area (Å²) in [5.74, 6) is -1.59. The van der Waals surface area contributed by atoms with E-state index < -0.39 is 18.1 Å². The van der Waals surface area contributed by atoms with E-state index in [0.29, 0.717) is 25.7 Å². The Hall–Kier alpha value is -3.49. The lowest BCUT2D eigenvalue weighted by atomic mass is 10.1. The number of esters is 2. The first-order valence-electron chi connectivity index (χ1n) is 17.7. The maximum atomic E-state index is 12.6. The Labute approximate surface area is 291 Å². The van der Waals surface area contributed by atoms with E-state index in [2.05, 4.69) is 50.3 Å². The van der Waals surface area contributed by atoms with Crippen LogP contribution in [0.5, 0.6) is 0 Å². The van der Waals surface area contributed by atoms with E-state index >= 15 is 0 Å². The standard InChI is InChI=1S/C40H63NO7/c1-6-8-10-12-14-16-17-18-19-20-21-23-25-27-29-31-39(43)48-36(34-46-33-32-37(40(44)45)41(3,4)5)35-47-38(42)30-28-26-24-22-15-13-11-9-7-2/h8-12,14-22,36-37H,6-7,13,23-35H2,1-5H3/p+1/b10-8+,11-9+,14-12+,17-16+,19-18+,21-20+,22-15+. The van der Waals surface area contributed by atoms with Gasteiger partial charge in [0, 0.05) is 19.3 Å². The van der Waals surface area contributed by atoms with Gasteiger partial charge in [-0.05, 0) is 57.8 Å². The molecule has 0 saturated heterocycles. The van der Waals surface area contributed by atoms with Gasteiger partial charge in [0.1, 0.15) is 6.61 Å². The van der Waals surface area contributed by atoms with Crippen LogP contribution in [0.25, 0.3) is 0 Å². The fourth-order valence-corrected chi connectivity index (χ4v) is 4.44. The molecule has 0 aliphatic carbocycles. The number of carboxylic acids is 1. The maximum absolute atomic E-state index is 12.6. The third-order valence-electron chi connectivity index (χ3n) is 7.17. The van der Waals surface area contributed by atoms with Crippen LogP contribution in [0.4, 0.5) is 0 Å². The number of hydrogen-bond donors (Lipinski definition) is 1. The van der Waals surface area contributed by atoms with Gasteiger partial charge in [0.25, 0.3) is 0 Å². The molecule has 0 aromatic rings. The Morgan fingerprint density at radius 1 is 0.646 bits per heavy atom. The molecule has 8 heteroatoms. The number of unbranched alkanes of at least 4 members (excludes halogenated alkanes) is 5. The van der Waals surface area contributed by atoms with Crippen LogP contribution >= 0.6 is 0 Å². The van der Waals surface area contributed by atoms with E-state index in [4.69, 9.17) is 14.2 Å². The first-order chi connectivity index (χ1) is 23.1. The van der Waals surface area contributed by atoms with Gasteiger partial charge >= 0.3 is 17.9 Å². The zero-order valence-electron chi connectivity index (χ0n) is 30.4. The molecule has 0 aliphatic heterocycles. The van der Waals surface area contributed by atoms with Crippen molar-refractivity contribution >= 4 is 17.9 Å². The topological polar surface area (TPSA) is 99.1 Å². The van der Waals surface area contributed by atoms with E-state index in [9.17, 15) is 19.5 Å². The summed E-state index contributed by atoms with van der Waals surface area (Å²) >= 11 is 0. The van der Waals surface area contributed by atoms with E-state index in [0.717, 1.165) is 51.4 Å². The molecule has 2 atom stereocenters. The lowest BCUT2D eigenvalue weighted by Crippen LogP contribution is -2.50. The number of rotatable bonds is 29. The Morgan fingerprint density at radius 3 is 1.85 bits per heavy atom. The van der Waals surface area contributed by atoms with E-state index in [1.807, 2.05) is 69.8 Å². The Morgan fingerprint density at radius 2 is 1.21 bits per heavy atom. The van der Waals surface area contributed by atoms with Crippen molar-refractivity contribution in [2.45, 2.75) is 109 Å². The predicted molar refractivity (Wildman–Crippen MR) is 196 cm³/mol. The van der Waals surface area contributed by atoms with E-state index in [1.54, 1.807) is 0 Å². The highest BCUT2D eigenvalue weighted by atomic mass is 16.6. The average molecular weight is 671 g/mol. The van der Waals surface area contributed by atoms with Crippen LogP contribution < -0.4 is 0 Å². The lowest BCUT2D eigenvalue weighted by Gasteiger charge is -2.31. The highest BCUT2D eigenvalue weighted by molar-refractivity contribution is 5.72. The number of ether oxygens (including phenoxy) is 3. The normalized spacial score (nSPS) is 14.1. The summed E-state index contributed by atoms with van der Waals surface area (Å²) < 4.78 is 17.0. The van der Waals surface area contributed by atoms with Crippen LogP contribution in [0.2, 0.25) is 0 Å². The van der Waals surface area contributed by atoms with Crippen molar-refractivity contribution < 1.29 is 38.2 Å². The minimum Gasteiger partial charge on any atom is -0.477 e. The smallest absolute Gasteiger partial charge is 0.362 e. The minimum atomic E-state index is -0.893. The number of carboxylic acid groups (broad SMARTS) is 1. The predicted octanol–water partition coefficient (Wildman–Crippen LogP) is 8.62. The molecule has 0 amide bonds. The highest BCUT2D eigenvalue weighted by Crippen LogP contribution is 2.11. The van der Waals surface area contributed by atoms with Crippen LogP contribution in [0.3, 0.4) is 0 Å². The van der Waals surface area contributed by atoms with E-state index in [1.165, 1.54) is 0 Å². The molecular formula is C40H64NO7+. The molecule has 1 N–H and O–H groups in total. The summed E-state index contributed by atoms with van der Waals surface area (Å²) in [6.45, 7) is 4.33. The summed E-state index contributed by atoms with van der Waals surface area (Å²) in [4.78, 5) is 36.6. The molecule has 0 aromatic heterocycles. The number of likely N-dealkylation sites (N-methyl/N-ethyl adjacent to an activating group) is 1. The number of aliphatic carboxylic acids is 1. The van der Waals surface area contributed by atoms with Crippen molar-refractivity contribution in [1.29, 1.82) is 0 Å². The van der Waals surface area contributed by atoms with Crippen LogP contribution in [0, 0.1) is 0 Å². The van der Waals surface area contributed by atoms with Crippen molar-refractivity contribution in [3.05, 3.63) is 85.1 Å². The average Bonchev–Trinajstić information content (AvgIpc) is 3.03. The minimum absolute atomic E-state index is 0.0272. The molecular weight excluding hydrogens is 606 g/mol. The van der Waals surface area contributed by atoms with Crippen molar-refractivity contribution in [3.8, 4) is 0 Å². The Balaban J connectivity index is 4.61. The number of nitrogens with zero attached hydrogens (tertiary/aromatic N) is 1. The summed E-state index contributed by atoms with van der Waals surface area (Å²) in [6, 6.07) is -0.630. The molecule has 0 aliphatic rings. The molecule has 2 unspecified atom stereocenters. The maximum Gasteiger partial charge on any atom is 0.362 e. The second-order valence-corrected chi connectivity index (χ2v) is 12.5. The number of hydrogen-bond acceptors (Lipinski definition) is 6.